The number of hydrogen-bond donors (Lipinski definition) is 1. The Hall–Kier alpha value is -2.21. The smallest absolute Gasteiger partial charge is 0.240 e. The highest BCUT2D eigenvalue weighted by Gasteiger charge is 2.24. The molecule has 0 fully saturated rings. The van der Waals surface area contributed by atoms with E-state index < -0.39 is 12.3 Å². The van der Waals surface area contributed by atoms with E-state index in [1.807, 2.05) is 48.5 Å². The van der Waals surface area contributed by atoms with Crippen LogP contribution in [0.15, 0.2) is 60.7 Å². The summed E-state index contributed by atoms with van der Waals surface area (Å²) < 4.78 is 10.5. The van der Waals surface area contributed by atoms with E-state index in [1.54, 1.807) is 19.1 Å². The fraction of sp³-hybridized carbons (Fsp3) is 0.381. The fourth-order valence-corrected chi connectivity index (χ4v) is 2.82. The van der Waals surface area contributed by atoms with Crippen LogP contribution in [0.3, 0.4) is 0 Å². The first-order chi connectivity index (χ1) is 12.6. The van der Waals surface area contributed by atoms with Crippen molar-refractivity contribution in [1.29, 1.82) is 0 Å². The average molecular weight is 356 g/mol. The number of nitrogens with two attached hydrogens (primary N) is 1. The maximum absolute atomic E-state index is 12.9. The monoisotopic (exact) mass is 356 g/mol. The zero-order valence-electron chi connectivity index (χ0n) is 15.5. The number of hydrogen-bond acceptors (Lipinski definition) is 4. The lowest BCUT2D eigenvalue weighted by molar-refractivity contribution is -0.146. The minimum atomic E-state index is -0.595. The van der Waals surface area contributed by atoms with Crippen molar-refractivity contribution in [2.75, 3.05) is 27.3 Å². The topological polar surface area (TPSA) is 64.8 Å². The van der Waals surface area contributed by atoms with Crippen LogP contribution in [0.5, 0.6) is 0 Å². The second kappa shape index (κ2) is 10.7. The predicted molar refractivity (Wildman–Crippen MR) is 103 cm³/mol. The number of amides is 1. The fourth-order valence-electron chi connectivity index (χ4n) is 2.82. The van der Waals surface area contributed by atoms with Crippen LogP contribution in [0.4, 0.5) is 0 Å². The summed E-state index contributed by atoms with van der Waals surface area (Å²) in [4.78, 5) is 14.7. The molecule has 1 atom stereocenters. The molecule has 0 aliphatic rings. The molecule has 2 aromatic carbocycles. The zero-order chi connectivity index (χ0) is 18.8. The summed E-state index contributed by atoms with van der Waals surface area (Å²) in [5.41, 5.74) is 8.43. The van der Waals surface area contributed by atoms with Crippen molar-refractivity contribution in [3.63, 3.8) is 0 Å². The zero-order valence-corrected chi connectivity index (χ0v) is 15.5. The van der Waals surface area contributed by atoms with Crippen molar-refractivity contribution in [3.8, 4) is 0 Å². The van der Waals surface area contributed by atoms with Crippen molar-refractivity contribution in [2.45, 2.75) is 25.2 Å². The van der Waals surface area contributed by atoms with Crippen LogP contribution in [0.1, 0.15) is 11.1 Å². The number of carbonyl (C=O) groups is 1. The molecule has 1 unspecified atom stereocenters. The Morgan fingerprint density at radius 2 is 1.50 bits per heavy atom. The summed E-state index contributed by atoms with van der Waals surface area (Å²) in [6.45, 7) is 0.912. The van der Waals surface area contributed by atoms with Gasteiger partial charge in [0.2, 0.25) is 5.91 Å². The van der Waals surface area contributed by atoms with Gasteiger partial charge in [0.1, 0.15) is 0 Å². The summed E-state index contributed by atoms with van der Waals surface area (Å²) in [5, 5.41) is 0. The Bertz CT molecular complexity index is 645. The Labute approximate surface area is 155 Å². The predicted octanol–water partition coefficient (Wildman–Crippen LogP) is 2.25. The van der Waals surface area contributed by atoms with Crippen LogP contribution >= 0.6 is 0 Å². The maximum atomic E-state index is 12.9. The molecule has 0 bridgehead atoms. The molecule has 0 saturated carbocycles. The third kappa shape index (κ3) is 6.26. The lowest BCUT2D eigenvalue weighted by atomic mass is 10.1. The largest absolute Gasteiger partial charge is 0.354 e. The second-order valence-electron chi connectivity index (χ2n) is 6.22. The highest BCUT2D eigenvalue weighted by atomic mass is 16.7. The van der Waals surface area contributed by atoms with Gasteiger partial charge in [0, 0.05) is 20.8 Å². The summed E-state index contributed by atoms with van der Waals surface area (Å²) in [5.74, 6) is -0.0936. The first-order valence-corrected chi connectivity index (χ1v) is 8.82. The summed E-state index contributed by atoms with van der Waals surface area (Å²) >= 11 is 0. The van der Waals surface area contributed by atoms with Gasteiger partial charge in [-0.2, -0.15) is 0 Å². The molecule has 0 heterocycles. The average Bonchev–Trinajstić information content (AvgIpc) is 2.69. The van der Waals surface area contributed by atoms with Crippen LogP contribution < -0.4 is 5.73 Å². The summed E-state index contributed by atoms with van der Waals surface area (Å²) in [6.07, 6.45) is 0.787. The molecule has 2 N–H and O–H groups in total. The molecule has 0 aromatic heterocycles. The highest BCUT2D eigenvalue weighted by Crippen LogP contribution is 2.08. The first kappa shape index (κ1) is 20.1. The Morgan fingerprint density at radius 1 is 0.962 bits per heavy atom. The van der Waals surface area contributed by atoms with Crippen LogP contribution in [0, 0.1) is 0 Å². The van der Waals surface area contributed by atoms with E-state index in [1.165, 1.54) is 5.56 Å². The van der Waals surface area contributed by atoms with Gasteiger partial charge in [-0.15, -0.1) is 0 Å². The standard InChI is InChI=1S/C21H28N2O3/c1-25-20(26-2)16-23(14-13-17-9-5-3-6-10-17)21(24)19(22)15-18-11-7-4-8-12-18/h3-12,19-20H,13-16,22H2,1-2H3. The van der Waals surface area contributed by atoms with Crippen molar-refractivity contribution >= 4 is 5.91 Å². The molecule has 0 radical (unpaired) electrons. The minimum Gasteiger partial charge on any atom is -0.354 e. The van der Waals surface area contributed by atoms with E-state index in [2.05, 4.69) is 12.1 Å². The molecule has 26 heavy (non-hydrogen) atoms. The van der Waals surface area contributed by atoms with E-state index in [9.17, 15) is 4.79 Å². The Kier molecular flexibility index (Phi) is 8.28. The van der Waals surface area contributed by atoms with E-state index >= 15 is 0 Å². The maximum Gasteiger partial charge on any atom is 0.240 e. The van der Waals surface area contributed by atoms with E-state index in [-0.39, 0.29) is 5.91 Å². The van der Waals surface area contributed by atoms with Crippen molar-refractivity contribution in [1.82, 2.24) is 4.90 Å². The van der Waals surface area contributed by atoms with Gasteiger partial charge in [0.05, 0.1) is 12.6 Å². The van der Waals surface area contributed by atoms with E-state index in [0.29, 0.717) is 19.5 Å². The molecule has 140 valence electrons. The van der Waals surface area contributed by atoms with Crippen LogP contribution in [0.25, 0.3) is 0 Å². The van der Waals surface area contributed by atoms with Gasteiger partial charge in [0.25, 0.3) is 0 Å². The quantitative estimate of drug-likeness (QED) is 0.663. The second-order valence-corrected chi connectivity index (χ2v) is 6.22. The first-order valence-electron chi connectivity index (χ1n) is 8.82. The molecule has 0 saturated heterocycles. The Morgan fingerprint density at radius 3 is 2.04 bits per heavy atom. The molecule has 5 heteroatoms. The molecular weight excluding hydrogens is 328 g/mol. The number of carbonyl (C=O) groups excluding carboxylic acids is 1. The van der Waals surface area contributed by atoms with Gasteiger partial charge in [-0.05, 0) is 24.0 Å². The van der Waals surface area contributed by atoms with Gasteiger partial charge in [-0.1, -0.05) is 60.7 Å². The van der Waals surface area contributed by atoms with Gasteiger partial charge in [-0.3, -0.25) is 4.79 Å². The lowest BCUT2D eigenvalue weighted by Gasteiger charge is -2.28. The van der Waals surface area contributed by atoms with Gasteiger partial charge < -0.3 is 20.1 Å². The molecule has 2 rings (SSSR count). The molecule has 2 aromatic rings. The molecule has 0 spiro atoms. The third-order valence-electron chi connectivity index (χ3n) is 4.34. The Balaban J connectivity index is 2.03. The molecule has 5 nitrogen and oxygen atoms in total. The number of methoxy groups -OCH3 is 2. The number of ether oxygens (including phenoxy) is 2. The molecular formula is C21H28N2O3. The lowest BCUT2D eigenvalue weighted by Crippen LogP contribution is -2.48. The van der Waals surface area contributed by atoms with Crippen LogP contribution in [-0.2, 0) is 27.1 Å². The van der Waals surface area contributed by atoms with Crippen molar-refractivity contribution < 1.29 is 14.3 Å². The van der Waals surface area contributed by atoms with Crippen molar-refractivity contribution in [2.24, 2.45) is 5.73 Å². The molecule has 0 aliphatic carbocycles. The molecule has 0 aliphatic heterocycles. The van der Waals surface area contributed by atoms with Crippen LogP contribution in [-0.4, -0.2) is 50.4 Å². The minimum absolute atomic E-state index is 0.0936. The van der Waals surface area contributed by atoms with Crippen molar-refractivity contribution in [3.05, 3.63) is 71.8 Å². The van der Waals surface area contributed by atoms with Gasteiger partial charge in [-0.25, -0.2) is 0 Å². The summed E-state index contributed by atoms with van der Waals surface area (Å²) in [6, 6.07) is 19.3. The van der Waals surface area contributed by atoms with E-state index in [0.717, 1.165) is 12.0 Å². The van der Waals surface area contributed by atoms with Crippen LogP contribution in [0.2, 0.25) is 0 Å². The summed E-state index contributed by atoms with van der Waals surface area (Å²) in [7, 11) is 3.13. The van der Waals surface area contributed by atoms with Gasteiger partial charge in [0.15, 0.2) is 6.29 Å². The number of rotatable bonds is 10. The third-order valence-corrected chi connectivity index (χ3v) is 4.34. The molecule has 1 amide bonds. The number of nitrogens with zero attached hydrogens (tertiary/aromatic N) is 1. The van der Waals surface area contributed by atoms with Gasteiger partial charge >= 0.3 is 0 Å². The number of benzene rings is 2. The van der Waals surface area contributed by atoms with E-state index in [4.69, 9.17) is 15.2 Å². The normalized spacial score (nSPS) is 12.2. The SMILES string of the molecule is COC(CN(CCc1ccccc1)C(=O)C(N)Cc1ccccc1)OC. The highest BCUT2D eigenvalue weighted by molar-refractivity contribution is 5.82.